The van der Waals surface area contributed by atoms with E-state index in [0.717, 1.165) is 4.47 Å². The van der Waals surface area contributed by atoms with Gasteiger partial charge in [0.1, 0.15) is 12.4 Å². The third kappa shape index (κ3) is 4.20. The molecule has 0 fully saturated rings. The smallest absolute Gasteiger partial charge is 0.407 e. The van der Waals surface area contributed by atoms with Crippen molar-refractivity contribution >= 4 is 28.1 Å². The number of carbonyl (C=O) groups excluding carboxylic acids is 1. The van der Waals surface area contributed by atoms with Gasteiger partial charge < -0.3 is 15.2 Å². The van der Waals surface area contributed by atoms with Crippen molar-refractivity contribution in [1.29, 1.82) is 0 Å². The summed E-state index contributed by atoms with van der Waals surface area (Å²) in [6.07, 6.45) is 3.06. The Kier molecular flexibility index (Phi) is 5.67. The number of nitrogens with one attached hydrogen (secondary N) is 1. The molecule has 3 aromatic rings. The Morgan fingerprint density at radius 3 is 2.34 bits per heavy atom. The molecule has 1 aliphatic carbocycles. The Labute approximate surface area is 178 Å². The number of ether oxygens (including phenoxy) is 1. The van der Waals surface area contributed by atoms with Gasteiger partial charge in [-0.05, 0) is 34.4 Å². The molecule has 0 unspecified atom stereocenters. The number of aromatic hydroxyl groups is 1. The van der Waals surface area contributed by atoms with Gasteiger partial charge in [-0.2, -0.15) is 0 Å². The number of benzene rings is 3. The first-order chi connectivity index (χ1) is 14.1. The number of hydrogen-bond donors (Lipinski definition) is 2. The molecule has 0 spiro atoms. The lowest BCUT2D eigenvalue weighted by atomic mass is 9.98. The van der Waals surface area contributed by atoms with Crippen molar-refractivity contribution in [3.8, 4) is 16.9 Å². The standard InChI is InChI=1S/C24H20BrNO3/c25-17-12-11-16(23(27)14-17)6-5-13-26-24(28)29-15-22-20-9-3-1-7-18(20)19-8-2-4-10-21(19)22/h1-12,14,22,27H,13,15H2,(H,26,28). The van der Waals surface area contributed by atoms with Crippen LogP contribution in [0.4, 0.5) is 4.79 Å². The van der Waals surface area contributed by atoms with Crippen LogP contribution >= 0.6 is 15.9 Å². The Bertz CT molecular complexity index is 1030. The summed E-state index contributed by atoms with van der Waals surface area (Å²) in [6, 6.07) is 21.7. The maximum absolute atomic E-state index is 12.1. The largest absolute Gasteiger partial charge is 0.507 e. The summed E-state index contributed by atoms with van der Waals surface area (Å²) in [5, 5.41) is 12.6. The monoisotopic (exact) mass is 449 g/mol. The van der Waals surface area contributed by atoms with Crippen LogP contribution in [0.1, 0.15) is 22.6 Å². The first kappa shape index (κ1) is 19.3. The van der Waals surface area contributed by atoms with Gasteiger partial charge in [-0.15, -0.1) is 0 Å². The van der Waals surface area contributed by atoms with Crippen LogP contribution in [0.5, 0.6) is 5.75 Å². The highest BCUT2D eigenvalue weighted by Crippen LogP contribution is 2.44. The van der Waals surface area contributed by atoms with E-state index in [1.807, 2.05) is 30.3 Å². The molecule has 0 radical (unpaired) electrons. The van der Waals surface area contributed by atoms with Gasteiger partial charge in [0.2, 0.25) is 0 Å². The zero-order chi connectivity index (χ0) is 20.2. The molecule has 1 amide bonds. The molecule has 29 heavy (non-hydrogen) atoms. The second-order valence-electron chi connectivity index (χ2n) is 6.81. The molecule has 0 heterocycles. The van der Waals surface area contributed by atoms with Crippen LogP contribution in [0.25, 0.3) is 17.2 Å². The van der Waals surface area contributed by atoms with Crippen molar-refractivity contribution in [2.45, 2.75) is 5.92 Å². The molecule has 0 atom stereocenters. The summed E-state index contributed by atoms with van der Waals surface area (Å²) in [4.78, 5) is 12.1. The van der Waals surface area contributed by atoms with E-state index in [1.165, 1.54) is 22.3 Å². The zero-order valence-corrected chi connectivity index (χ0v) is 17.2. The number of phenolic OH excluding ortho intramolecular Hbond substituents is 1. The topological polar surface area (TPSA) is 58.6 Å². The zero-order valence-electron chi connectivity index (χ0n) is 15.6. The first-order valence-electron chi connectivity index (χ1n) is 9.37. The second-order valence-corrected chi connectivity index (χ2v) is 7.73. The van der Waals surface area contributed by atoms with Gasteiger partial charge in [0.05, 0.1) is 0 Å². The highest BCUT2D eigenvalue weighted by molar-refractivity contribution is 9.10. The summed E-state index contributed by atoms with van der Waals surface area (Å²) in [6.45, 7) is 0.600. The van der Waals surface area contributed by atoms with Gasteiger partial charge in [0.15, 0.2) is 0 Å². The van der Waals surface area contributed by atoms with E-state index < -0.39 is 6.09 Å². The summed E-state index contributed by atoms with van der Waals surface area (Å²) in [5.41, 5.74) is 5.46. The van der Waals surface area contributed by atoms with E-state index in [4.69, 9.17) is 4.74 Å². The van der Waals surface area contributed by atoms with Crippen molar-refractivity contribution in [2.24, 2.45) is 0 Å². The van der Waals surface area contributed by atoms with Crippen LogP contribution in [0.3, 0.4) is 0 Å². The molecule has 3 aromatic carbocycles. The average molecular weight is 450 g/mol. The molecule has 0 bridgehead atoms. The molecular weight excluding hydrogens is 430 g/mol. The van der Waals surface area contributed by atoms with Gasteiger partial charge in [0.25, 0.3) is 0 Å². The molecule has 4 rings (SSSR count). The quantitative estimate of drug-likeness (QED) is 0.524. The van der Waals surface area contributed by atoms with Crippen LogP contribution in [-0.2, 0) is 4.74 Å². The second kappa shape index (κ2) is 8.53. The van der Waals surface area contributed by atoms with E-state index in [2.05, 4.69) is 45.5 Å². The van der Waals surface area contributed by atoms with Crippen molar-refractivity contribution in [3.05, 3.63) is 94.0 Å². The number of rotatable bonds is 5. The molecule has 4 nitrogen and oxygen atoms in total. The van der Waals surface area contributed by atoms with Gasteiger partial charge in [0, 0.05) is 22.5 Å². The predicted molar refractivity (Wildman–Crippen MR) is 118 cm³/mol. The number of carbonyl (C=O) groups is 1. The van der Waals surface area contributed by atoms with E-state index in [0.29, 0.717) is 12.1 Å². The molecule has 5 heteroatoms. The first-order valence-corrected chi connectivity index (χ1v) is 10.2. The molecular formula is C24H20BrNO3. The summed E-state index contributed by atoms with van der Waals surface area (Å²) >= 11 is 3.31. The fourth-order valence-corrected chi connectivity index (χ4v) is 3.98. The lowest BCUT2D eigenvalue weighted by Crippen LogP contribution is -2.26. The number of alkyl carbamates (subject to hydrolysis) is 1. The van der Waals surface area contributed by atoms with Crippen LogP contribution in [-0.4, -0.2) is 24.4 Å². The maximum Gasteiger partial charge on any atom is 0.407 e. The van der Waals surface area contributed by atoms with E-state index in [-0.39, 0.29) is 18.3 Å². The fraction of sp³-hybridized carbons (Fsp3) is 0.125. The fourth-order valence-electron chi connectivity index (χ4n) is 3.64. The normalized spacial score (nSPS) is 12.6. The van der Waals surface area contributed by atoms with Crippen LogP contribution in [0, 0.1) is 0 Å². The van der Waals surface area contributed by atoms with E-state index in [1.54, 1.807) is 24.3 Å². The third-order valence-electron chi connectivity index (χ3n) is 5.00. The van der Waals surface area contributed by atoms with E-state index in [9.17, 15) is 9.90 Å². The Balaban J connectivity index is 1.34. The molecule has 0 saturated carbocycles. The molecule has 1 aliphatic rings. The Morgan fingerprint density at radius 1 is 1.03 bits per heavy atom. The van der Waals surface area contributed by atoms with Crippen molar-refractivity contribution in [3.63, 3.8) is 0 Å². The minimum Gasteiger partial charge on any atom is -0.507 e. The van der Waals surface area contributed by atoms with Gasteiger partial charge in [-0.25, -0.2) is 4.79 Å². The molecule has 0 saturated heterocycles. The molecule has 0 aliphatic heterocycles. The maximum atomic E-state index is 12.1. The average Bonchev–Trinajstić information content (AvgIpc) is 3.05. The highest BCUT2D eigenvalue weighted by atomic mass is 79.9. The van der Waals surface area contributed by atoms with Crippen LogP contribution < -0.4 is 5.32 Å². The predicted octanol–water partition coefficient (Wildman–Crippen LogP) is 5.71. The molecule has 2 N–H and O–H groups in total. The van der Waals surface area contributed by atoms with Crippen LogP contribution in [0.15, 0.2) is 77.3 Å². The number of fused-ring (bicyclic) bond motifs is 3. The number of hydrogen-bond acceptors (Lipinski definition) is 3. The minimum absolute atomic E-state index is 0.0448. The minimum atomic E-state index is -0.462. The summed E-state index contributed by atoms with van der Waals surface area (Å²) in [7, 11) is 0. The van der Waals surface area contributed by atoms with Crippen LogP contribution in [0.2, 0.25) is 0 Å². The molecule has 0 aromatic heterocycles. The molecule has 146 valence electrons. The van der Waals surface area contributed by atoms with Gasteiger partial charge >= 0.3 is 6.09 Å². The lowest BCUT2D eigenvalue weighted by molar-refractivity contribution is 0.144. The Hall–Kier alpha value is -3.05. The van der Waals surface area contributed by atoms with Crippen molar-refractivity contribution in [2.75, 3.05) is 13.2 Å². The lowest BCUT2D eigenvalue weighted by Gasteiger charge is -2.14. The Morgan fingerprint density at radius 2 is 1.69 bits per heavy atom. The number of halogens is 1. The summed E-state index contributed by atoms with van der Waals surface area (Å²) < 4.78 is 6.30. The van der Waals surface area contributed by atoms with Gasteiger partial charge in [-0.3, -0.25) is 0 Å². The highest BCUT2D eigenvalue weighted by Gasteiger charge is 2.28. The van der Waals surface area contributed by atoms with Crippen molar-refractivity contribution < 1.29 is 14.6 Å². The van der Waals surface area contributed by atoms with E-state index >= 15 is 0 Å². The third-order valence-corrected chi connectivity index (χ3v) is 5.49. The number of amides is 1. The van der Waals surface area contributed by atoms with Crippen molar-refractivity contribution in [1.82, 2.24) is 5.32 Å². The number of phenols is 1. The SMILES string of the molecule is O=C(NCC=Cc1ccc(Br)cc1O)OCC1c2ccccc2-c2ccccc21. The summed E-state index contributed by atoms with van der Waals surface area (Å²) in [5.74, 6) is 0.222. The van der Waals surface area contributed by atoms with Gasteiger partial charge in [-0.1, -0.05) is 82.7 Å².